The van der Waals surface area contributed by atoms with Crippen LogP contribution in [0.2, 0.25) is 5.02 Å². The molecule has 2 aromatic heterocycles. The lowest BCUT2D eigenvalue weighted by molar-refractivity contribution is 0.0812. The van der Waals surface area contributed by atoms with Crippen LogP contribution in [0.3, 0.4) is 0 Å². The van der Waals surface area contributed by atoms with Gasteiger partial charge in [-0.15, -0.1) is 12.3 Å². The van der Waals surface area contributed by atoms with E-state index in [9.17, 15) is 13.5 Å². The van der Waals surface area contributed by atoms with Gasteiger partial charge in [0, 0.05) is 29.2 Å². The van der Waals surface area contributed by atoms with Crippen molar-refractivity contribution < 1.29 is 13.5 Å². The summed E-state index contributed by atoms with van der Waals surface area (Å²) < 4.78 is 28.5. The molecule has 0 saturated carbocycles. The second-order valence-corrected chi connectivity index (χ2v) is 9.01. The summed E-state index contributed by atoms with van der Waals surface area (Å²) in [5.41, 5.74) is -0.698. The Bertz CT molecular complexity index is 1360. The Morgan fingerprint density at radius 1 is 1.07 bits per heavy atom. The van der Waals surface area contributed by atoms with Gasteiger partial charge in [-0.1, -0.05) is 29.8 Å². The number of rotatable bonds is 5. The Morgan fingerprint density at radius 3 is 2.40 bits per heavy atom. The Balaban J connectivity index is 2.07. The third kappa shape index (κ3) is 3.27. The van der Waals surface area contributed by atoms with Crippen LogP contribution in [0, 0.1) is 12.3 Å². The zero-order chi connectivity index (χ0) is 21.4. The molecule has 0 spiro atoms. The van der Waals surface area contributed by atoms with Gasteiger partial charge in [-0.3, -0.25) is 4.98 Å². The molecule has 5 nitrogen and oxygen atoms in total. The zero-order valence-electron chi connectivity index (χ0n) is 15.7. The molecule has 1 N–H and O–H groups in total. The molecule has 4 aromatic rings. The number of hydrogen-bond acceptors (Lipinski definition) is 4. The highest BCUT2D eigenvalue weighted by Gasteiger charge is 2.38. The first-order valence-electron chi connectivity index (χ1n) is 9.06. The number of pyridine rings is 1. The first-order chi connectivity index (χ1) is 14.4. The Kier molecular flexibility index (Phi) is 5.12. The standard InChI is InChI=1S/C23H17ClN2O3S/c1-2-13-23(27,18-11-14-25-15-12-18)22-16-17-5-3-4-6-21(17)26(22)30(28,29)20-9-7-19(24)8-10-20/h1,3-12,14-16,27H,13H2. The number of terminal acetylenes is 1. The number of benzene rings is 2. The van der Waals surface area contributed by atoms with Gasteiger partial charge in [-0.25, -0.2) is 12.4 Å². The smallest absolute Gasteiger partial charge is 0.268 e. The lowest BCUT2D eigenvalue weighted by Crippen LogP contribution is -2.32. The second kappa shape index (κ2) is 7.62. The van der Waals surface area contributed by atoms with Crippen molar-refractivity contribution in [2.75, 3.05) is 0 Å². The lowest BCUT2D eigenvalue weighted by Gasteiger charge is -2.28. The Morgan fingerprint density at radius 2 is 1.73 bits per heavy atom. The minimum absolute atomic E-state index is 0.0484. The fraction of sp³-hybridized carbons (Fsp3) is 0.0870. The van der Waals surface area contributed by atoms with Gasteiger partial charge in [0.05, 0.1) is 16.1 Å². The van der Waals surface area contributed by atoms with E-state index in [0.29, 0.717) is 21.5 Å². The molecule has 0 aliphatic carbocycles. The van der Waals surface area contributed by atoms with Gasteiger partial charge in [-0.2, -0.15) is 0 Å². The van der Waals surface area contributed by atoms with E-state index >= 15 is 0 Å². The number of para-hydroxylation sites is 1. The van der Waals surface area contributed by atoms with Crippen LogP contribution in [-0.4, -0.2) is 22.5 Å². The van der Waals surface area contributed by atoms with Crippen LogP contribution < -0.4 is 0 Å². The summed E-state index contributed by atoms with van der Waals surface area (Å²) in [7, 11) is -4.07. The third-order valence-corrected chi connectivity index (χ3v) is 6.95. The van der Waals surface area contributed by atoms with Crippen molar-refractivity contribution >= 4 is 32.5 Å². The molecule has 4 rings (SSSR count). The van der Waals surface area contributed by atoms with E-state index in [1.807, 2.05) is 0 Å². The molecule has 30 heavy (non-hydrogen) atoms. The highest BCUT2D eigenvalue weighted by molar-refractivity contribution is 7.90. The maximum atomic E-state index is 13.7. The topological polar surface area (TPSA) is 72.2 Å². The predicted octanol–water partition coefficient (Wildman–Crippen LogP) is 4.19. The van der Waals surface area contributed by atoms with Crippen LogP contribution >= 0.6 is 11.6 Å². The summed E-state index contributed by atoms with van der Waals surface area (Å²) in [6.45, 7) is 0. The molecular formula is C23H17ClN2O3S. The quantitative estimate of drug-likeness (QED) is 0.476. The highest BCUT2D eigenvalue weighted by Crippen LogP contribution is 2.38. The SMILES string of the molecule is C#CCC(O)(c1ccncc1)c1cc2ccccc2n1S(=O)(=O)c1ccc(Cl)cc1. The molecule has 1 atom stereocenters. The Labute approximate surface area is 179 Å². The van der Waals surface area contributed by atoms with Crippen molar-refractivity contribution in [1.82, 2.24) is 8.96 Å². The normalized spacial score (nSPS) is 13.6. The molecule has 0 radical (unpaired) electrons. The Hall–Kier alpha value is -3.11. The van der Waals surface area contributed by atoms with Crippen molar-refractivity contribution in [1.29, 1.82) is 0 Å². The lowest BCUT2D eigenvalue weighted by atomic mass is 9.88. The van der Waals surface area contributed by atoms with E-state index in [2.05, 4.69) is 10.9 Å². The van der Waals surface area contributed by atoms with Crippen molar-refractivity contribution in [2.45, 2.75) is 16.9 Å². The molecular weight excluding hydrogens is 420 g/mol. The van der Waals surface area contributed by atoms with Gasteiger partial charge >= 0.3 is 0 Å². The molecule has 2 aromatic carbocycles. The molecule has 0 aliphatic rings. The summed E-state index contributed by atoms with van der Waals surface area (Å²) in [6, 6.07) is 17.8. The fourth-order valence-electron chi connectivity index (χ4n) is 3.50. The molecule has 1 unspecified atom stereocenters. The number of aliphatic hydroxyl groups is 1. The minimum Gasteiger partial charge on any atom is -0.378 e. The van der Waals surface area contributed by atoms with Crippen molar-refractivity contribution in [3.63, 3.8) is 0 Å². The molecule has 2 heterocycles. The first-order valence-corrected chi connectivity index (χ1v) is 10.9. The summed E-state index contributed by atoms with van der Waals surface area (Å²) >= 11 is 5.94. The number of hydrogen-bond donors (Lipinski definition) is 1. The summed E-state index contributed by atoms with van der Waals surface area (Å²) in [5, 5.41) is 12.8. The van der Waals surface area contributed by atoms with Crippen LogP contribution in [0.4, 0.5) is 0 Å². The largest absolute Gasteiger partial charge is 0.378 e. The van der Waals surface area contributed by atoms with Crippen molar-refractivity contribution in [3.8, 4) is 12.3 Å². The van der Waals surface area contributed by atoms with Crippen molar-refractivity contribution in [3.05, 3.63) is 95.4 Å². The first kappa shape index (κ1) is 20.2. The van der Waals surface area contributed by atoms with Crippen molar-refractivity contribution in [2.24, 2.45) is 0 Å². The van der Waals surface area contributed by atoms with Gasteiger partial charge in [0.1, 0.15) is 5.60 Å². The number of nitrogens with zero attached hydrogens (tertiary/aromatic N) is 2. The van der Waals surface area contributed by atoms with Crippen LogP contribution in [0.15, 0.2) is 84.0 Å². The van der Waals surface area contributed by atoms with E-state index in [4.69, 9.17) is 18.0 Å². The summed E-state index contributed by atoms with van der Waals surface area (Å²) in [4.78, 5) is 4.03. The molecule has 0 bridgehead atoms. The maximum absolute atomic E-state index is 13.7. The van der Waals surface area contributed by atoms with Crippen LogP contribution in [-0.2, 0) is 15.6 Å². The molecule has 0 amide bonds. The zero-order valence-corrected chi connectivity index (χ0v) is 17.3. The second-order valence-electron chi connectivity index (χ2n) is 6.79. The van der Waals surface area contributed by atoms with Gasteiger partial charge in [0.2, 0.25) is 0 Å². The van der Waals surface area contributed by atoms with E-state index in [-0.39, 0.29) is 17.0 Å². The fourth-order valence-corrected chi connectivity index (χ4v) is 5.21. The van der Waals surface area contributed by atoms with E-state index in [1.54, 1.807) is 42.5 Å². The van der Waals surface area contributed by atoms with E-state index < -0.39 is 15.6 Å². The average Bonchev–Trinajstić information content (AvgIpc) is 3.16. The minimum atomic E-state index is -4.07. The number of fused-ring (bicyclic) bond motifs is 1. The van der Waals surface area contributed by atoms with Crippen LogP contribution in [0.5, 0.6) is 0 Å². The molecule has 0 saturated heterocycles. The predicted molar refractivity (Wildman–Crippen MR) is 117 cm³/mol. The van der Waals surface area contributed by atoms with Gasteiger partial charge in [0.15, 0.2) is 0 Å². The monoisotopic (exact) mass is 436 g/mol. The highest BCUT2D eigenvalue weighted by atomic mass is 35.5. The van der Waals surface area contributed by atoms with Crippen LogP contribution in [0.1, 0.15) is 17.7 Å². The maximum Gasteiger partial charge on any atom is 0.268 e. The van der Waals surface area contributed by atoms with Gasteiger partial charge < -0.3 is 5.11 Å². The van der Waals surface area contributed by atoms with Gasteiger partial charge in [0.25, 0.3) is 10.0 Å². The van der Waals surface area contributed by atoms with Gasteiger partial charge in [-0.05, 0) is 54.1 Å². The third-order valence-electron chi connectivity index (χ3n) is 4.96. The van der Waals surface area contributed by atoms with Crippen LogP contribution in [0.25, 0.3) is 10.9 Å². The number of aromatic nitrogens is 2. The van der Waals surface area contributed by atoms with E-state index in [0.717, 1.165) is 3.97 Å². The molecule has 150 valence electrons. The summed E-state index contributed by atoms with van der Waals surface area (Å²) in [6.07, 6.45) is 8.50. The number of halogens is 1. The molecule has 0 aliphatic heterocycles. The van der Waals surface area contributed by atoms with E-state index in [1.165, 1.54) is 36.7 Å². The summed E-state index contributed by atoms with van der Waals surface area (Å²) in [5.74, 6) is 2.48. The average molecular weight is 437 g/mol. The molecule has 7 heteroatoms. The molecule has 0 fully saturated rings.